The fourth-order valence-electron chi connectivity index (χ4n) is 2.84. The lowest BCUT2D eigenvalue weighted by atomic mass is 10.0. The predicted molar refractivity (Wildman–Crippen MR) is 76.8 cm³/mol. The van der Waals surface area contributed by atoms with Crippen LogP contribution in [0.5, 0.6) is 0 Å². The van der Waals surface area contributed by atoms with Gasteiger partial charge in [-0.25, -0.2) is 13.8 Å². The molecule has 2 aromatic rings. The fourth-order valence-corrected chi connectivity index (χ4v) is 2.84. The van der Waals surface area contributed by atoms with Crippen LogP contribution in [0, 0.1) is 25.5 Å². The zero-order valence-electron chi connectivity index (χ0n) is 12.8. The van der Waals surface area contributed by atoms with E-state index in [2.05, 4.69) is 15.2 Å². The number of pyridine rings is 1. The molecule has 2 aromatic heterocycles. The van der Waals surface area contributed by atoms with Crippen molar-refractivity contribution < 1.29 is 18.3 Å². The molecule has 1 saturated heterocycles. The van der Waals surface area contributed by atoms with Gasteiger partial charge >= 0.3 is 0 Å². The first kappa shape index (κ1) is 15.5. The van der Waals surface area contributed by atoms with Crippen LogP contribution in [0.3, 0.4) is 0 Å². The third-order valence-corrected chi connectivity index (χ3v) is 3.92. The largest absolute Gasteiger partial charge is 0.377 e. The smallest absolute Gasteiger partial charge is 0.276 e. The summed E-state index contributed by atoms with van der Waals surface area (Å²) in [6.07, 6.45) is 0.833. The average molecular weight is 322 g/mol. The highest BCUT2D eigenvalue weighted by atomic mass is 19.1. The van der Waals surface area contributed by atoms with Gasteiger partial charge in [-0.3, -0.25) is 9.89 Å². The highest BCUT2D eigenvalue weighted by Gasteiger charge is 2.34. The zero-order chi connectivity index (χ0) is 16.6. The van der Waals surface area contributed by atoms with Crippen molar-refractivity contribution in [1.82, 2.24) is 20.1 Å². The van der Waals surface area contributed by atoms with E-state index >= 15 is 0 Å². The molecule has 122 valence electrons. The zero-order valence-corrected chi connectivity index (χ0v) is 12.8. The number of ether oxygens (including phenoxy) is 1. The number of rotatable bonds is 2. The van der Waals surface area contributed by atoms with Crippen LogP contribution in [-0.2, 0) is 4.74 Å². The standard InChI is InChI=1S/C15H16F2N4O2/c1-8-13(9(2)20-19-8)12-7-23-4-3-21(12)15(22)14-11(17)5-10(16)6-18-14/h5-6,12H,3-4,7H2,1-2H3,(H,19,20)/t12-/m1/s1. The monoisotopic (exact) mass is 322 g/mol. The highest BCUT2D eigenvalue weighted by Crippen LogP contribution is 2.29. The molecular weight excluding hydrogens is 306 g/mol. The van der Waals surface area contributed by atoms with Crippen LogP contribution in [-0.4, -0.2) is 45.7 Å². The number of carbonyl (C=O) groups excluding carboxylic acids is 1. The van der Waals surface area contributed by atoms with E-state index in [9.17, 15) is 13.6 Å². The Morgan fingerprint density at radius 3 is 2.87 bits per heavy atom. The molecule has 3 heterocycles. The van der Waals surface area contributed by atoms with Crippen LogP contribution in [0.15, 0.2) is 12.3 Å². The minimum Gasteiger partial charge on any atom is -0.377 e. The van der Waals surface area contributed by atoms with Crippen LogP contribution >= 0.6 is 0 Å². The molecule has 0 spiro atoms. The topological polar surface area (TPSA) is 71.1 Å². The van der Waals surface area contributed by atoms with Gasteiger partial charge in [0.2, 0.25) is 0 Å². The molecule has 1 atom stereocenters. The van der Waals surface area contributed by atoms with Crippen LogP contribution in [0.25, 0.3) is 0 Å². The van der Waals surface area contributed by atoms with Crippen LogP contribution in [0.4, 0.5) is 8.78 Å². The van der Waals surface area contributed by atoms with E-state index in [1.807, 2.05) is 13.8 Å². The molecule has 1 aliphatic heterocycles. The van der Waals surface area contributed by atoms with Crippen molar-refractivity contribution in [3.05, 3.63) is 46.5 Å². The molecule has 0 radical (unpaired) electrons. The maximum Gasteiger partial charge on any atom is 0.276 e. The number of hydrogen-bond acceptors (Lipinski definition) is 4. The Kier molecular flexibility index (Phi) is 4.08. The minimum atomic E-state index is -0.971. The van der Waals surface area contributed by atoms with E-state index in [0.717, 1.165) is 23.1 Å². The van der Waals surface area contributed by atoms with Crippen molar-refractivity contribution >= 4 is 5.91 Å². The number of morpholine rings is 1. The molecular formula is C15H16F2N4O2. The van der Waals surface area contributed by atoms with E-state index in [4.69, 9.17) is 4.74 Å². The Morgan fingerprint density at radius 1 is 1.43 bits per heavy atom. The van der Waals surface area contributed by atoms with Gasteiger partial charge in [-0.1, -0.05) is 0 Å². The van der Waals surface area contributed by atoms with Crippen molar-refractivity contribution in [2.75, 3.05) is 19.8 Å². The molecule has 0 saturated carbocycles. The summed E-state index contributed by atoms with van der Waals surface area (Å²) >= 11 is 0. The summed E-state index contributed by atoms with van der Waals surface area (Å²) in [7, 11) is 0. The van der Waals surface area contributed by atoms with Crippen LogP contribution in [0.2, 0.25) is 0 Å². The molecule has 6 nitrogen and oxygen atoms in total. The van der Waals surface area contributed by atoms with Gasteiger partial charge in [-0.2, -0.15) is 5.10 Å². The van der Waals surface area contributed by atoms with Gasteiger partial charge in [-0.15, -0.1) is 0 Å². The number of nitrogens with one attached hydrogen (secondary N) is 1. The first-order valence-electron chi connectivity index (χ1n) is 7.20. The third kappa shape index (κ3) is 2.81. The van der Waals surface area contributed by atoms with Gasteiger partial charge in [-0.05, 0) is 13.8 Å². The third-order valence-electron chi connectivity index (χ3n) is 3.92. The number of hydrogen-bond donors (Lipinski definition) is 1. The van der Waals surface area contributed by atoms with Crippen molar-refractivity contribution in [2.45, 2.75) is 19.9 Å². The molecule has 0 bridgehead atoms. The second kappa shape index (κ2) is 6.04. The Bertz CT molecular complexity index is 728. The predicted octanol–water partition coefficient (Wildman–Crippen LogP) is 1.91. The van der Waals surface area contributed by atoms with Crippen molar-refractivity contribution in [2.24, 2.45) is 0 Å². The van der Waals surface area contributed by atoms with Gasteiger partial charge in [0.25, 0.3) is 5.91 Å². The van der Waals surface area contributed by atoms with Crippen molar-refractivity contribution in [3.8, 4) is 0 Å². The summed E-state index contributed by atoms with van der Waals surface area (Å²) in [6.45, 7) is 4.61. The number of H-pyrrole nitrogens is 1. The molecule has 1 N–H and O–H groups in total. The van der Waals surface area contributed by atoms with E-state index in [0.29, 0.717) is 19.2 Å². The number of halogens is 2. The molecule has 1 fully saturated rings. The minimum absolute atomic E-state index is 0.287. The fraction of sp³-hybridized carbons (Fsp3) is 0.400. The Balaban J connectivity index is 1.97. The second-order valence-electron chi connectivity index (χ2n) is 5.42. The lowest BCUT2D eigenvalue weighted by Crippen LogP contribution is -2.44. The first-order valence-corrected chi connectivity index (χ1v) is 7.20. The van der Waals surface area contributed by atoms with E-state index in [1.165, 1.54) is 4.90 Å². The maximum absolute atomic E-state index is 13.9. The number of nitrogens with zero attached hydrogens (tertiary/aromatic N) is 3. The normalized spacial score (nSPS) is 18.3. The summed E-state index contributed by atoms with van der Waals surface area (Å²) in [5.41, 5.74) is 2.03. The van der Waals surface area contributed by atoms with Crippen molar-refractivity contribution in [1.29, 1.82) is 0 Å². The Hall–Kier alpha value is -2.35. The van der Waals surface area contributed by atoms with Gasteiger partial charge in [0.1, 0.15) is 5.82 Å². The van der Waals surface area contributed by atoms with Crippen molar-refractivity contribution in [3.63, 3.8) is 0 Å². The second-order valence-corrected chi connectivity index (χ2v) is 5.42. The Labute approximate surface area is 131 Å². The maximum atomic E-state index is 13.9. The Morgan fingerprint density at radius 2 is 2.22 bits per heavy atom. The van der Waals surface area contributed by atoms with E-state index in [-0.39, 0.29) is 12.6 Å². The van der Waals surface area contributed by atoms with E-state index in [1.54, 1.807) is 0 Å². The van der Waals surface area contributed by atoms with Crippen LogP contribution < -0.4 is 0 Å². The summed E-state index contributed by atoms with van der Waals surface area (Å²) in [6, 6.07) is 0.269. The lowest BCUT2D eigenvalue weighted by Gasteiger charge is -2.35. The summed E-state index contributed by atoms with van der Waals surface area (Å²) in [5, 5.41) is 7.00. The number of aromatic amines is 1. The number of aryl methyl sites for hydroxylation is 2. The average Bonchev–Trinajstić information content (AvgIpc) is 2.85. The molecule has 1 amide bonds. The van der Waals surface area contributed by atoms with Gasteiger partial charge < -0.3 is 9.64 Å². The molecule has 23 heavy (non-hydrogen) atoms. The summed E-state index contributed by atoms with van der Waals surface area (Å²) in [5.74, 6) is -2.38. The van der Waals surface area contributed by atoms with Crippen LogP contribution in [0.1, 0.15) is 33.5 Å². The van der Waals surface area contributed by atoms with Gasteiger partial charge in [0.15, 0.2) is 11.5 Å². The summed E-state index contributed by atoms with van der Waals surface area (Å²) < 4.78 is 32.4. The SMILES string of the molecule is Cc1n[nH]c(C)c1[C@H]1COCCN1C(=O)c1ncc(F)cc1F. The molecule has 0 unspecified atom stereocenters. The lowest BCUT2D eigenvalue weighted by molar-refractivity contribution is -0.00359. The molecule has 8 heteroatoms. The van der Waals surface area contributed by atoms with Gasteiger partial charge in [0, 0.05) is 23.9 Å². The molecule has 3 rings (SSSR count). The number of aromatic nitrogens is 3. The molecule has 1 aliphatic rings. The van der Waals surface area contributed by atoms with E-state index < -0.39 is 23.2 Å². The molecule has 0 aliphatic carbocycles. The quantitative estimate of drug-likeness (QED) is 0.917. The van der Waals surface area contributed by atoms with Gasteiger partial charge in [0.05, 0.1) is 31.1 Å². The molecule has 0 aromatic carbocycles. The highest BCUT2D eigenvalue weighted by molar-refractivity contribution is 5.93. The summed E-state index contributed by atoms with van der Waals surface area (Å²) in [4.78, 5) is 17.8. The first-order chi connectivity index (χ1) is 11.0. The number of carbonyl (C=O) groups is 1. The number of amides is 1.